The Kier molecular flexibility index (Phi) is 5.50. The second kappa shape index (κ2) is 7.99. The second-order valence-corrected chi connectivity index (χ2v) is 6.54. The highest BCUT2D eigenvalue weighted by atomic mass is 16.6. The Balaban J connectivity index is 1.59. The maximum atomic E-state index is 12.3. The van der Waals surface area contributed by atoms with Crippen LogP contribution in [0.3, 0.4) is 0 Å². The van der Waals surface area contributed by atoms with E-state index in [2.05, 4.69) is 10.4 Å². The highest BCUT2D eigenvalue weighted by molar-refractivity contribution is 5.95. The van der Waals surface area contributed by atoms with E-state index in [1.54, 1.807) is 18.3 Å². The Morgan fingerprint density at radius 1 is 1.35 bits per heavy atom. The van der Waals surface area contributed by atoms with E-state index in [0.29, 0.717) is 24.3 Å². The molecule has 8 nitrogen and oxygen atoms in total. The monoisotopic (exact) mass is 357 g/mol. The van der Waals surface area contributed by atoms with Crippen molar-refractivity contribution in [2.75, 3.05) is 24.5 Å². The average Bonchev–Trinajstić information content (AvgIpc) is 3.29. The number of carbonyl (C=O) groups excluding carboxylic acids is 1. The van der Waals surface area contributed by atoms with E-state index in [9.17, 15) is 14.9 Å². The number of nitrogens with one attached hydrogen (secondary N) is 1. The summed E-state index contributed by atoms with van der Waals surface area (Å²) in [5.74, 6) is -0.294. The van der Waals surface area contributed by atoms with Crippen LogP contribution in [-0.4, -0.2) is 40.2 Å². The first kappa shape index (κ1) is 17.9. The molecule has 1 saturated heterocycles. The highest BCUT2D eigenvalue weighted by Gasteiger charge is 2.23. The molecule has 8 heteroatoms. The molecule has 1 N–H and O–H groups in total. The Morgan fingerprint density at radius 3 is 2.77 bits per heavy atom. The third-order valence-corrected chi connectivity index (χ3v) is 4.49. The molecule has 0 bridgehead atoms. The molecule has 1 amide bonds. The number of rotatable bonds is 7. The van der Waals surface area contributed by atoms with Crippen LogP contribution in [0.2, 0.25) is 0 Å². The molecule has 0 spiro atoms. The SMILES string of the molecule is Cc1cnn(CCCNC(=O)c2ccc(N3CCCC3)c([N+](=O)[O-])c2)c1. The molecule has 138 valence electrons. The van der Waals surface area contributed by atoms with Gasteiger partial charge in [0.15, 0.2) is 0 Å². The highest BCUT2D eigenvalue weighted by Crippen LogP contribution is 2.31. The summed E-state index contributed by atoms with van der Waals surface area (Å²) < 4.78 is 1.83. The van der Waals surface area contributed by atoms with Gasteiger partial charge in [-0.2, -0.15) is 5.10 Å². The molecule has 0 unspecified atom stereocenters. The van der Waals surface area contributed by atoms with Crippen LogP contribution in [-0.2, 0) is 6.54 Å². The third kappa shape index (κ3) is 4.19. The van der Waals surface area contributed by atoms with Crippen LogP contribution >= 0.6 is 0 Å². The van der Waals surface area contributed by atoms with Gasteiger partial charge in [-0.05, 0) is 43.9 Å². The van der Waals surface area contributed by atoms with Gasteiger partial charge in [-0.15, -0.1) is 0 Å². The number of nitro groups is 1. The summed E-state index contributed by atoms with van der Waals surface area (Å²) in [6, 6.07) is 4.72. The zero-order valence-electron chi connectivity index (χ0n) is 14.9. The van der Waals surface area contributed by atoms with E-state index in [1.807, 2.05) is 22.7 Å². The van der Waals surface area contributed by atoms with Crippen molar-refractivity contribution in [1.29, 1.82) is 0 Å². The third-order valence-electron chi connectivity index (χ3n) is 4.49. The van der Waals surface area contributed by atoms with Crippen molar-refractivity contribution >= 4 is 17.3 Å². The number of aryl methyl sites for hydroxylation is 2. The van der Waals surface area contributed by atoms with Gasteiger partial charge in [0.1, 0.15) is 5.69 Å². The predicted octanol–water partition coefficient (Wildman–Crippen LogP) is 2.52. The van der Waals surface area contributed by atoms with Gasteiger partial charge in [0.2, 0.25) is 0 Å². The molecular weight excluding hydrogens is 334 g/mol. The van der Waals surface area contributed by atoms with Crippen LogP contribution in [0.1, 0.15) is 35.2 Å². The van der Waals surface area contributed by atoms with Crippen molar-refractivity contribution < 1.29 is 9.72 Å². The number of aromatic nitrogens is 2. The lowest BCUT2D eigenvalue weighted by atomic mass is 10.1. The molecule has 1 aliphatic heterocycles. The molecule has 0 radical (unpaired) electrons. The number of hydrogen-bond donors (Lipinski definition) is 1. The first-order valence-electron chi connectivity index (χ1n) is 8.85. The van der Waals surface area contributed by atoms with Crippen molar-refractivity contribution in [3.63, 3.8) is 0 Å². The second-order valence-electron chi connectivity index (χ2n) is 6.54. The van der Waals surface area contributed by atoms with Crippen LogP contribution in [0.5, 0.6) is 0 Å². The Labute approximate surface area is 151 Å². The maximum absolute atomic E-state index is 12.3. The van der Waals surface area contributed by atoms with Crippen LogP contribution in [0.25, 0.3) is 0 Å². The number of benzene rings is 1. The zero-order valence-corrected chi connectivity index (χ0v) is 14.9. The lowest BCUT2D eigenvalue weighted by molar-refractivity contribution is -0.384. The van der Waals surface area contributed by atoms with Crippen LogP contribution in [0.4, 0.5) is 11.4 Å². The summed E-state index contributed by atoms with van der Waals surface area (Å²) in [5, 5.41) is 18.4. The van der Waals surface area contributed by atoms with Crippen LogP contribution < -0.4 is 10.2 Å². The normalized spacial score (nSPS) is 13.8. The summed E-state index contributed by atoms with van der Waals surface area (Å²) in [4.78, 5) is 25.3. The first-order chi connectivity index (χ1) is 12.5. The molecule has 0 atom stereocenters. The van der Waals surface area contributed by atoms with Gasteiger partial charge < -0.3 is 10.2 Å². The van der Waals surface area contributed by atoms with E-state index in [-0.39, 0.29) is 11.6 Å². The number of anilines is 1. The minimum Gasteiger partial charge on any atom is -0.366 e. The van der Waals surface area contributed by atoms with E-state index in [4.69, 9.17) is 0 Å². The van der Waals surface area contributed by atoms with Gasteiger partial charge in [-0.3, -0.25) is 19.6 Å². The molecule has 1 aromatic carbocycles. The van der Waals surface area contributed by atoms with Crippen molar-refractivity contribution in [2.24, 2.45) is 0 Å². The lowest BCUT2D eigenvalue weighted by Crippen LogP contribution is -2.26. The number of nitrogens with zero attached hydrogens (tertiary/aromatic N) is 4. The van der Waals surface area contributed by atoms with Crippen LogP contribution in [0, 0.1) is 17.0 Å². The summed E-state index contributed by atoms with van der Waals surface area (Å²) >= 11 is 0. The predicted molar refractivity (Wildman–Crippen MR) is 98.5 cm³/mol. The average molecular weight is 357 g/mol. The number of hydrogen-bond acceptors (Lipinski definition) is 5. The minimum absolute atomic E-state index is 0.00781. The fourth-order valence-electron chi connectivity index (χ4n) is 3.17. The fourth-order valence-corrected chi connectivity index (χ4v) is 3.17. The minimum atomic E-state index is -0.412. The van der Waals surface area contributed by atoms with Crippen LogP contribution in [0.15, 0.2) is 30.6 Å². The van der Waals surface area contributed by atoms with E-state index < -0.39 is 4.92 Å². The molecular formula is C18H23N5O3. The summed E-state index contributed by atoms with van der Waals surface area (Å²) in [7, 11) is 0. The van der Waals surface area contributed by atoms with E-state index in [0.717, 1.165) is 37.9 Å². The van der Waals surface area contributed by atoms with Gasteiger partial charge in [-0.1, -0.05) is 0 Å². The van der Waals surface area contributed by atoms with Gasteiger partial charge in [0.25, 0.3) is 11.6 Å². The zero-order chi connectivity index (χ0) is 18.5. The van der Waals surface area contributed by atoms with Gasteiger partial charge in [0.05, 0.1) is 11.1 Å². The summed E-state index contributed by atoms with van der Waals surface area (Å²) in [6.45, 7) is 4.81. The van der Waals surface area contributed by atoms with Crippen molar-refractivity contribution in [3.05, 3.63) is 51.8 Å². The maximum Gasteiger partial charge on any atom is 0.293 e. The van der Waals surface area contributed by atoms with Crippen molar-refractivity contribution in [3.8, 4) is 0 Å². The topological polar surface area (TPSA) is 93.3 Å². The van der Waals surface area contributed by atoms with E-state index in [1.165, 1.54) is 6.07 Å². The Hall–Kier alpha value is -2.90. The molecule has 0 saturated carbocycles. The lowest BCUT2D eigenvalue weighted by Gasteiger charge is -2.17. The molecule has 1 aliphatic rings. The molecule has 3 rings (SSSR count). The molecule has 0 aliphatic carbocycles. The number of nitro benzene ring substituents is 1. The quantitative estimate of drug-likeness (QED) is 0.467. The summed E-state index contributed by atoms with van der Waals surface area (Å²) in [6.07, 6.45) is 6.55. The molecule has 1 fully saturated rings. The first-order valence-corrected chi connectivity index (χ1v) is 8.85. The number of amides is 1. The smallest absolute Gasteiger partial charge is 0.293 e. The fraction of sp³-hybridized carbons (Fsp3) is 0.444. The van der Waals surface area contributed by atoms with Crippen molar-refractivity contribution in [2.45, 2.75) is 32.7 Å². The van der Waals surface area contributed by atoms with E-state index >= 15 is 0 Å². The Morgan fingerprint density at radius 2 is 2.12 bits per heavy atom. The van der Waals surface area contributed by atoms with Crippen molar-refractivity contribution in [1.82, 2.24) is 15.1 Å². The van der Waals surface area contributed by atoms with Gasteiger partial charge in [-0.25, -0.2) is 0 Å². The Bertz CT molecular complexity index is 796. The molecule has 1 aromatic heterocycles. The number of carbonyl (C=O) groups is 1. The molecule has 26 heavy (non-hydrogen) atoms. The summed E-state index contributed by atoms with van der Waals surface area (Å²) in [5.41, 5.74) is 2.00. The largest absolute Gasteiger partial charge is 0.366 e. The molecule has 2 aromatic rings. The standard InChI is InChI=1S/C18H23N5O3/c1-14-12-20-22(13-14)10-4-7-19-18(24)15-5-6-16(17(11-15)23(25)26)21-8-2-3-9-21/h5-6,11-13H,2-4,7-10H2,1H3,(H,19,24). The molecule has 2 heterocycles. The van der Waals surface area contributed by atoms with Gasteiger partial charge >= 0.3 is 0 Å². The van der Waals surface area contributed by atoms with Gasteiger partial charge in [0, 0.05) is 44.0 Å².